The Balaban J connectivity index is 1.78. The van der Waals surface area contributed by atoms with Crippen LogP contribution in [-0.4, -0.2) is 54.3 Å². The number of nitrogens with one attached hydrogen (secondary N) is 1. The van der Waals surface area contributed by atoms with E-state index in [2.05, 4.69) is 25.2 Å². The molecule has 0 spiro atoms. The second-order valence-corrected chi connectivity index (χ2v) is 5.71. The van der Waals surface area contributed by atoms with Crippen molar-refractivity contribution in [3.63, 3.8) is 0 Å². The molecule has 2 aromatic heterocycles. The van der Waals surface area contributed by atoms with Gasteiger partial charge in [-0.15, -0.1) is 0 Å². The maximum Gasteiger partial charge on any atom is 0.257 e. The standard InChI is InChI=1S/C17H21N5O3/c1-11-15(21-16(23)13-4-5-14(24-3)18-10-13)12(2)20-17(19-11)22-6-8-25-9-7-22/h4-5,10H,6-9H2,1-3H3,(H,21,23). The van der Waals surface area contributed by atoms with Gasteiger partial charge in [-0.1, -0.05) is 0 Å². The zero-order valence-corrected chi connectivity index (χ0v) is 14.6. The van der Waals surface area contributed by atoms with Crippen LogP contribution in [0.1, 0.15) is 21.7 Å². The Kier molecular flexibility index (Phi) is 5.08. The summed E-state index contributed by atoms with van der Waals surface area (Å²) in [5.41, 5.74) is 2.52. The number of hydrogen-bond acceptors (Lipinski definition) is 7. The fourth-order valence-electron chi connectivity index (χ4n) is 2.61. The summed E-state index contributed by atoms with van der Waals surface area (Å²) < 4.78 is 10.4. The molecule has 8 heteroatoms. The number of methoxy groups -OCH3 is 1. The molecule has 1 fully saturated rings. The Hall–Kier alpha value is -2.74. The van der Waals surface area contributed by atoms with Gasteiger partial charge in [-0.2, -0.15) is 0 Å². The SMILES string of the molecule is COc1ccc(C(=O)Nc2c(C)nc(N3CCOCC3)nc2C)cn1. The molecule has 132 valence electrons. The minimum atomic E-state index is -0.260. The van der Waals surface area contributed by atoms with Crippen LogP contribution in [0.4, 0.5) is 11.6 Å². The molecule has 3 heterocycles. The molecule has 1 saturated heterocycles. The summed E-state index contributed by atoms with van der Waals surface area (Å²) in [5.74, 6) is 0.869. The maximum atomic E-state index is 12.4. The van der Waals surface area contributed by atoms with Crippen molar-refractivity contribution in [3.05, 3.63) is 35.3 Å². The first-order valence-corrected chi connectivity index (χ1v) is 8.08. The second kappa shape index (κ2) is 7.43. The topological polar surface area (TPSA) is 89.5 Å². The van der Waals surface area contributed by atoms with Crippen LogP contribution in [0.2, 0.25) is 0 Å². The molecule has 0 atom stereocenters. The van der Waals surface area contributed by atoms with Crippen LogP contribution in [0.5, 0.6) is 5.88 Å². The number of aromatic nitrogens is 3. The number of carbonyl (C=O) groups is 1. The molecule has 1 amide bonds. The van der Waals surface area contributed by atoms with Gasteiger partial charge in [-0.3, -0.25) is 4.79 Å². The molecule has 2 aromatic rings. The van der Waals surface area contributed by atoms with Crippen LogP contribution < -0.4 is 15.0 Å². The Morgan fingerprint density at radius 3 is 2.44 bits per heavy atom. The van der Waals surface area contributed by atoms with E-state index in [0.29, 0.717) is 36.3 Å². The van der Waals surface area contributed by atoms with E-state index in [9.17, 15) is 4.79 Å². The van der Waals surface area contributed by atoms with Crippen molar-refractivity contribution in [1.82, 2.24) is 15.0 Å². The lowest BCUT2D eigenvalue weighted by Crippen LogP contribution is -2.37. The summed E-state index contributed by atoms with van der Waals surface area (Å²) in [6, 6.07) is 3.31. The van der Waals surface area contributed by atoms with Crippen LogP contribution in [0, 0.1) is 13.8 Å². The molecule has 25 heavy (non-hydrogen) atoms. The van der Waals surface area contributed by atoms with E-state index in [1.54, 1.807) is 12.1 Å². The predicted octanol–water partition coefficient (Wildman–Crippen LogP) is 1.59. The van der Waals surface area contributed by atoms with Crippen molar-refractivity contribution < 1.29 is 14.3 Å². The summed E-state index contributed by atoms with van der Waals surface area (Å²) in [6.07, 6.45) is 1.47. The molecule has 0 bridgehead atoms. The van der Waals surface area contributed by atoms with Crippen LogP contribution in [0.25, 0.3) is 0 Å². The van der Waals surface area contributed by atoms with Gasteiger partial charge in [0.2, 0.25) is 11.8 Å². The first-order valence-electron chi connectivity index (χ1n) is 8.08. The highest BCUT2D eigenvalue weighted by Crippen LogP contribution is 2.22. The number of pyridine rings is 1. The van der Waals surface area contributed by atoms with Crippen LogP contribution in [0.3, 0.4) is 0 Å². The van der Waals surface area contributed by atoms with Gasteiger partial charge in [-0.25, -0.2) is 15.0 Å². The van der Waals surface area contributed by atoms with E-state index < -0.39 is 0 Å². The number of carbonyl (C=O) groups excluding carboxylic acids is 1. The quantitative estimate of drug-likeness (QED) is 0.901. The lowest BCUT2D eigenvalue weighted by molar-refractivity contribution is 0.102. The molecule has 0 aliphatic carbocycles. The summed E-state index contributed by atoms with van der Waals surface area (Å²) in [5, 5.41) is 2.87. The van der Waals surface area contributed by atoms with Gasteiger partial charge in [0.05, 0.1) is 43.0 Å². The lowest BCUT2D eigenvalue weighted by atomic mass is 10.2. The number of anilines is 2. The average Bonchev–Trinajstić information content (AvgIpc) is 2.65. The Labute approximate surface area is 146 Å². The average molecular weight is 343 g/mol. The van der Waals surface area contributed by atoms with E-state index in [4.69, 9.17) is 9.47 Å². The minimum Gasteiger partial charge on any atom is -0.481 e. The smallest absolute Gasteiger partial charge is 0.257 e. The van der Waals surface area contributed by atoms with Gasteiger partial charge in [0.15, 0.2) is 0 Å². The number of morpholine rings is 1. The molecule has 1 N–H and O–H groups in total. The van der Waals surface area contributed by atoms with E-state index in [1.807, 2.05) is 13.8 Å². The largest absolute Gasteiger partial charge is 0.481 e. The number of amides is 1. The lowest BCUT2D eigenvalue weighted by Gasteiger charge is -2.27. The first-order chi connectivity index (χ1) is 12.1. The molecule has 0 saturated carbocycles. The number of ether oxygens (including phenoxy) is 2. The highest BCUT2D eigenvalue weighted by Gasteiger charge is 2.18. The zero-order valence-electron chi connectivity index (χ0n) is 14.6. The van der Waals surface area contributed by atoms with Crippen molar-refractivity contribution in [2.75, 3.05) is 43.6 Å². The van der Waals surface area contributed by atoms with Gasteiger partial charge in [0.25, 0.3) is 5.91 Å². The summed E-state index contributed by atoms with van der Waals surface area (Å²) in [6.45, 7) is 6.60. The monoisotopic (exact) mass is 343 g/mol. The molecule has 0 unspecified atom stereocenters. The number of hydrogen-bond donors (Lipinski definition) is 1. The summed E-state index contributed by atoms with van der Waals surface area (Å²) >= 11 is 0. The molecule has 0 aromatic carbocycles. The maximum absolute atomic E-state index is 12.4. The van der Waals surface area contributed by atoms with Gasteiger partial charge in [0.1, 0.15) is 0 Å². The number of nitrogens with zero attached hydrogens (tertiary/aromatic N) is 4. The van der Waals surface area contributed by atoms with Crippen LogP contribution >= 0.6 is 0 Å². The third-order valence-electron chi connectivity index (χ3n) is 4.00. The van der Waals surface area contributed by atoms with Crippen molar-refractivity contribution in [2.45, 2.75) is 13.8 Å². The molecular weight excluding hydrogens is 322 g/mol. The fourth-order valence-corrected chi connectivity index (χ4v) is 2.61. The van der Waals surface area contributed by atoms with Gasteiger partial charge in [-0.05, 0) is 19.9 Å². The van der Waals surface area contributed by atoms with E-state index in [-0.39, 0.29) is 5.91 Å². The Morgan fingerprint density at radius 1 is 1.20 bits per heavy atom. The second-order valence-electron chi connectivity index (χ2n) is 5.71. The van der Waals surface area contributed by atoms with Crippen molar-refractivity contribution >= 4 is 17.5 Å². The molecular formula is C17H21N5O3. The Bertz CT molecular complexity index is 734. The van der Waals surface area contributed by atoms with Crippen molar-refractivity contribution in [1.29, 1.82) is 0 Å². The van der Waals surface area contributed by atoms with Crippen LogP contribution in [-0.2, 0) is 4.74 Å². The summed E-state index contributed by atoms with van der Waals surface area (Å²) in [7, 11) is 1.53. The molecule has 0 radical (unpaired) electrons. The third kappa shape index (κ3) is 3.85. The molecule has 8 nitrogen and oxygen atoms in total. The predicted molar refractivity (Wildman–Crippen MR) is 93.3 cm³/mol. The van der Waals surface area contributed by atoms with E-state index in [0.717, 1.165) is 24.5 Å². The fraction of sp³-hybridized carbons (Fsp3) is 0.412. The summed E-state index contributed by atoms with van der Waals surface area (Å²) in [4.78, 5) is 27.6. The van der Waals surface area contributed by atoms with Crippen molar-refractivity contribution in [2.24, 2.45) is 0 Å². The molecule has 3 rings (SSSR count). The van der Waals surface area contributed by atoms with E-state index in [1.165, 1.54) is 13.3 Å². The number of aryl methyl sites for hydroxylation is 2. The van der Waals surface area contributed by atoms with Crippen LogP contribution in [0.15, 0.2) is 18.3 Å². The highest BCUT2D eigenvalue weighted by atomic mass is 16.5. The normalized spacial score (nSPS) is 14.3. The zero-order chi connectivity index (χ0) is 17.8. The van der Waals surface area contributed by atoms with Gasteiger partial charge < -0.3 is 19.7 Å². The highest BCUT2D eigenvalue weighted by molar-refractivity contribution is 6.04. The number of rotatable bonds is 4. The molecule has 1 aliphatic rings. The third-order valence-corrected chi connectivity index (χ3v) is 4.00. The first kappa shape index (κ1) is 17.1. The van der Waals surface area contributed by atoms with Crippen molar-refractivity contribution in [3.8, 4) is 5.88 Å². The van der Waals surface area contributed by atoms with Gasteiger partial charge in [0, 0.05) is 25.4 Å². The minimum absolute atomic E-state index is 0.260. The van der Waals surface area contributed by atoms with Gasteiger partial charge >= 0.3 is 0 Å². The van der Waals surface area contributed by atoms with E-state index >= 15 is 0 Å². The molecule has 1 aliphatic heterocycles. The Morgan fingerprint density at radius 2 is 1.88 bits per heavy atom.